The van der Waals surface area contributed by atoms with Gasteiger partial charge >= 0.3 is 5.97 Å². The number of esters is 1. The van der Waals surface area contributed by atoms with Crippen LogP contribution in [0.4, 0.5) is 0 Å². The summed E-state index contributed by atoms with van der Waals surface area (Å²) in [5, 5.41) is 18.8. The number of hydrogen-bond acceptors (Lipinski definition) is 7. The smallest absolute Gasteiger partial charge is 0.308 e. The molecule has 2 saturated heterocycles. The lowest BCUT2D eigenvalue weighted by atomic mass is 10.1. The molecule has 0 aliphatic carbocycles. The van der Waals surface area contributed by atoms with E-state index in [4.69, 9.17) is 24.1 Å². The maximum absolute atomic E-state index is 11.6. The van der Waals surface area contributed by atoms with Gasteiger partial charge < -0.3 is 29.2 Å². The van der Waals surface area contributed by atoms with Gasteiger partial charge in [0.25, 0.3) is 0 Å². The van der Waals surface area contributed by atoms with Crippen molar-refractivity contribution < 1.29 is 34.0 Å². The second-order valence-corrected chi connectivity index (χ2v) is 5.52. The topological polar surface area (TPSA) is 94.5 Å². The number of hydrogen-bond donors (Lipinski definition) is 2. The average molecular weight is 290 g/mol. The van der Waals surface area contributed by atoms with Gasteiger partial charge in [0.05, 0.1) is 6.61 Å². The fourth-order valence-corrected chi connectivity index (χ4v) is 2.49. The SMILES string of the molecule is CCCC(=O)O[C@H]1O[C@H]([C@H](O)CO)[C@@H]2OC(C)(C)O[C@@H]12. The van der Waals surface area contributed by atoms with Crippen LogP contribution < -0.4 is 0 Å². The zero-order chi connectivity index (χ0) is 14.9. The lowest BCUT2D eigenvalue weighted by Gasteiger charge is -2.25. The highest BCUT2D eigenvalue weighted by Gasteiger charge is 2.58. The van der Waals surface area contributed by atoms with Crippen molar-refractivity contribution >= 4 is 5.97 Å². The molecule has 2 fully saturated rings. The molecule has 0 aromatic heterocycles. The van der Waals surface area contributed by atoms with Crippen LogP contribution in [0.5, 0.6) is 0 Å². The zero-order valence-electron chi connectivity index (χ0n) is 11.9. The maximum atomic E-state index is 11.6. The van der Waals surface area contributed by atoms with Crippen molar-refractivity contribution in [2.45, 2.75) is 70.1 Å². The van der Waals surface area contributed by atoms with Crippen molar-refractivity contribution in [1.29, 1.82) is 0 Å². The minimum absolute atomic E-state index is 0.286. The third-order valence-corrected chi connectivity index (χ3v) is 3.31. The molecular formula is C13H22O7. The molecule has 2 aliphatic rings. The van der Waals surface area contributed by atoms with Crippen LogP contribution in [0, 0.1) is 0 Å². The molecule has 2 heterocycles. The second-order valence-electron chi connectivity index (χ2n) is 5.52. The predicted octanol–water partition coefficient (Wildman–Crippen LogP) is -0.0721. The molecule has 0 radical (unpaired) electrons. The summed E-state index contributed by atoms with van der Waals surface area (Å²) < 4.78 is 22.1. The highest BCUT2D eigenvalue weighted by atomic mass is 16.8. The van der Waals surface area contributed by atoms with E-state index in [0.29, 0.717) is 6.42 Å². The van der Waals surface area contributed by atoms with Gasteiger partial charge in [-0.3, -0.25) is 4.79 Å². The van der Waals surface area contributed by atoms with E-state index in [0.717, 1.165) is 0 Å². The summed E-state index contributed by atoms with van der Waals surface area (Å²) in [7, 11) is 0. The molecule has 20 heavy (non-hydrogen) atoms. The number of rotatable bonds is 5. The first-order valence-corrected chi connectivity index (χ1v) is 6.87. The summed E-state index contributed by atoms with van der Waals surface area (Å²) in [6, 6.07) is 0. The van der Waals surface area contributed by atoms with Crippen LogP contribution in [0.2, 0.25) is 0 Å². The lowest BCUT2D eigenvalue weighted by Crippen LogP contribution is -2.40. The quantitative estimate of drug-likeness (QED) is 0.684. The summed E-state index contributed by atoms with van der Waals surface area (Å²) in [6.07, 6.45) is -3.04. The lowest BCUT2D eigenvalue weighted by molar-refractivity contribution is -0.241. The Balaban J connectivity index is 2.08. The van der Waals surface area contributed by atoms with Crippen LogP contribution in [0.25, 0.3) is 0 Å². The summed E-state index contributed by atoms with van der Waals surface area (Å²) in [4.78, 5) is 11.6. The van der Waals surface area contributed by atoms with E-state index in [1.807, 2.05) is 6.92 Å². The van der Waals surface area contributed by atoms with Gasteiger partial charge in [0, 0.05) is 6.42 Å². The van der Waals surface area contributed by atoms with Crippen molar-refractivity contribution in [3.63, 3.8) is 0 Å². The maximum Gasteiger partial charge on any atom is 0.308 e. The molecule has 0 unspecified atom stereocenters. The van der Waals surface area contributed by atoms with E-state index in [2.05, 4.69) is 0 Å². The Labute approximate surface area is 117 Å². The Morgan fingerprint density at radius 1 is 1.35 bits per heavy atom. The molecule has 116 valence electrons. The van der Waals surface area contributed by atoms with Gasteiger partial charge in [0.1, 0.15) is 18.3 Å². The van der Waals surface area contributed by atoms with Crippen LogP contribution in [0.1, 0.15) is 33.6 Å². The monoisotopic (exact) mass is 290 g/mol. The Morgan fingerprint density at radius 3 is 2.60 bits per heavy atom. The Hall–Kier alpha value is -0.730. The average Bonchev–Trinajstić information content (AvgIpc) is 2.83. The fraction of sp³-hybridized carbons (Fsp3) is 0.923. The van der Waals surface area contributed by atoms with Crippen molar-refractivity contribution in [1.82, 2.24) is 0 Å². The first kappa shape index (κ1) is 15.7. The fourth-order valence-electron chi connectivity index (χ4n) is 2.49. The Kier molecular flexibility index (Phi) is 4.66. The molecule has 7 nitrogen and oxygen atoms in total. The van der Waals surface area contributed by atoms with Gasteiger partial charge in [0.15, 0.2) is 11.9 Å². The summed E-state index contributed by atoms with van der Waals surface area (Å²) >= 11 is 0. The number of carbonyl (C=O) groups excluding carboxylic acids is 1. The predicted molar refractivity (Wildman–Crippen MR) is 66.6 cm³/mol. The molecule has 5 atom stereocenters. The number of ether oxygens (including phenoxy) is 4. The summed E-state index contributed by atoms with van der Waals surface area (Å²) in [6.45, 7) is 4.88. The van der Waals surface area contributed by atoms with E-state index in [9.17, 15) is 9.90 Å². The molecule has 2 N–H and O–H groups in total. The molecule has 0 amide bonds. The zero-order valence-corrected chi connectivity index (χ0v) is 11.9. The van der Waals surface area contributed by atoms with Gasteiger partial charge in [-0.15, -0.1) is 0 Å². The third kappa shape index (κ3) is 3.12. The molecule has 7 heteroatoms. The van der Waals surface area contributed by atoms with Crippen molar-refractivity contribution in [3.05, 3.63) is 0 Å². The van der Waals surface area contributed by atoms with Gasteiger partial charge in [-0.25, -0.2) is 0 Å². The molecule has 0 aromatic carbocycles. The highest BCUT2D eigenvalue weighted by Crippen LogP contribution is 2.40. The molecule has 0 bridgehead atoms. The first-order valence-electron chi connectivity index (χ1n) is 6.87. The first-order chi connectivity index (χ1) is 9.38. The number of carbonyl (C=O) groups is 1. The minimum Gasteiger partial charge on any atom is -0.433 e. The van der Waals surface area contributed by atoms with Crippen LogP contribution in [0.15, 0.2) is 0 Å². The van der Waals surface area contributed by atoms with Crippen LogP contribution >= 0.6 is 0 Å². The van der Waals surface area contributed by atoms with Crippen molar-refractivity contribution in [3.8, 4) is 0 Å². The summed E-state index contributed by atoms with van der Waals surface area (Å²) in [5.41, 5.74) is 0. The van der Waals surface area contributed by atoms with E-state index in [1.165, 1.54) is 0 Å². The second kappa shape index (κ2) is 5.95. The third-order valence-electron chi connectivity index (χ3n) is 3.31. The van der Waals surface area contributed by atoms with E-state index >= 15 is 0 Å². The highest BCUT2D eigenvalue weighted by molar-refractivity contribution is 5.69. The number of aliphatic hydroxyl groups is 2. The molecule has 0 aromatic rings. The van der Waals surface area contributed by atoms with Crippen LogP contribution in [-0.4, -0.2) is 59.3 Å². The minimum atomic E-state index is -1.12. The molecule has 2 rings (SSSR count). The number of fused-ring (bicyclic) bond motifs is 1. The molecule has 0 spiro atoms. The van der Waals surface area contributed by atoms with Crippen LogP contribution in [0.3, 0.4) is 0 Å². The van der Waals surface area contributed by atoms with Crippen LogP contribution in [-0.2, 0) is 23.7 Å². The Morgan fingerprint density at radius 2 is 2.00 bits per heavy atom. The van der Waals surface area contributed by atoms with Crippen molar-refractivity contribution in [2.24, 2.45) is 0 Å². The van der Waals surface area contributed by atoms with E-state index in [-0.39, 0.29) is 12.4 Å². The summed E-state index contributed by atoms with van der Waals surface area (Å²) in [5.74, 6) is -1.23. The van der Waals surface area contributed by atoms with E-state index in [1.54, 1.807) is 13.8 Å². The van der Waals surface area contributed by atoms with E-state index < -0.39 is 43.1 Å². The van der Waals surface area contributed by atoms with Gasteiger partial charge in [-0.05, 0) is 20.3 Å². The van der Waals surface area contributed by atoms with Gasteiger partial charge in [-0.1, -0.05) is 6.92 Å². The number of aliphatic hydroxyl groups excluding tert-OH is 2. The van der Waals surface area contributed by atoms with Crippen molar-refractivity contribution in [2.75, 3.05) is 6.61 Å². The van der Waals surface area contributed by atoms with Gasteiger partial charge in [0.2, 0.25) is 6.29 Å². The molecule has 0 saturated carbocycles. The normalized spacial score (nSPS) is 36.6. The Bertz CT molecular complexity index is 357. The molecule has 2 aliphatic heterocycles. The van der Waals surface area contributed by atoms with Gasteiger partial charge in [-0.2, -0.15) is 0 Å². The largest absolute Gasteiger partial charge is 0.433 e. The molecular weight excluding hydrogens is 268 g/mol. The standard InChI is InChI=1S/C13H22O7/c1-4-5-8(16)17-12-11-10(19-13(2,3)20-11)9(18-12)7(15)6-14/h7,9-12,14-15H,4-6H2,1-3H3/t7-,9-,10+,11-,12+/m1/s1.